The number of nitrogens with zero attached hydrogens (tertiary/aromatic N) is 1. The minimum Gasteiger partial charge on any atom is -0.507 e. The number of aromatic amines is 1. The van der Waals surface area contributed by atoms with Gasteiger partial charge in [-0.25, -0.2) is 4.39 Å². The molecule has 1 aromatic carbocycles. The number of benzene rings is 1. The number of nitrogen functional groups attached to an aromatic ring is 1. The van der Waals surface area contributed by atoms with Crippen LogP contribution in [0.3, 0.4) is 0 Å². The average Bonchev–Trinajstić information content (AvgIpc) is 3.37. The van der Waals surface area contributed by atoms with Crippen molar-refractivity contribution in [1.82, 2.24) is 9.88 Å². The summed E-state index contributed by atoms with van der Waals surface area (Å²) >= 11 is 0. The fourth-order valence-electron chi connectivity index (χ4n) is 3.36. The number of amides is 1. The number of nitrogens with two attached hydrogens (primary N) is 2. The van der Waals surface area contributed by atoms with Gasteiger partial charge in [-0.15, -0.1) is 0 Å². The van der Waals surface area contributed by atoms with Crippen LogP contribution < -0.4 is 11.5 Å². The second-order valence-corrected chi connectivity index (χ2v) is 7.34. The van der Waals surface area contributed by atoms with Crippen LogP contribution in [0.2, 0.25) is 0 Å². The molecule has 29 heavy (non-hydrogen) atoms. The van der Waals surface area contributed by atoms with Gasteiger partial charge in [0.05, 0.1) is 6.54 Å². The number of H-pyrrole nitrogens is 1. The summed E-state index contributed by atoms with van der Waals surface area (Å²) in [4.78, 5) is 15.3. The third-order valence-electron chi connectivity index (χ3n) is 5.13. The van der Waals surface area contributed by atoms with Gasteiger partial charge >= 0.3 is 0 Å². The minimum absolute atomic E-state index is 0.167. The number of carbonyl (C=O) groups is 1. The monoisotopic (exact) mass is 398 g/mol. The Kier molecular flexibility index (Phi) is 6.26. The molecule has 2 fully saturated rings. The van der Waals surface area contributed by atoms with E-state index < -0.39 is 6.17 Å². The fourth-order valence-corrected chi connectivity index (χ4v) is 3.36. The zero-order valence-electron chi connectivity index (χ0n) is 16.3. The van der Waals surface area contributed by atoms with Gasteiger partial charge in [-0.05, 0) is 55.0 Å². The lowest BCUT2D eigenvalue weighted by atomic mass is 10.0. The number of aromatic hydroxyl groups is 1. The average molecular weight is 398 g/mol. The van der Waals surface area contributed by atoms with Gasteiger partial charge in [-0.1, -0.05) is 18.7 Å². The molecule has 1 saturated carbocycles. The van der Waals surface area contributed by atoms with E-state index in [0.29, 0.717) is 36.0 Å². The van der Waals surface area contributed by atoms with E-state index in [0.717, 1.165) is 5.56 Å². The molecule has 2 aromatic rings. The zero-order valence-corrected chi connectivity index (χ0v) is 16.3. The van der Waals surface area contributed by atoms with Crippen LogP contribution in [0.1, 0.15) is 41.9 Å². The Morgan fingerprint density at radius 1 is 1.31 bits per heavy atom. The van der Waals surface area contributed by atoms with Crippen molar-refractivity contribution in [2.45, 2.75) is 31.4 Å². The van der Waals surface area contributed by atoms with E-state index in [-0.39, 0.29) is 18.2 Å². The summed E-state index contributed by atoms with van der Waals surface area (Å²) in [6, 6.07) is 7.03. The van der Waals surface area contributed by atoms with E-state index in [2.05, 4.69) is 11.6 Å². The third kappa shape index (κ3) is 4.99. The summed E-state index contributed by atoms with van der Waals surface area (Å²) in [5.74, 6) is 1.23. The van der Waals surface area contributed by atoms with Crippen molar-refractivity contribution < 1.29 is 14.3 Å². The molecule has 4 rings (SSSR count). The maximum absolute atomic E-state index is 12.4. The quantitative estimate of drug-likeness (QED) is 0.592. The van der Waals surface area contributed by atoms with Gasteiger partial charge in [0.15, 0.2) is 0 Å². The number of para-hydroxylation sites is 1. The van der Waals surface area contributed by atoms with E-state index in [4.69, 9.17) is 11.5 Å². The van der Waals surface area contributed by atoms with E-state index >= 15 is 0 Å². The SMILES string of the molecule is C=CC(=O)N1CC[C@@H](F)C1.N/C(=C\c1c(C2CC2)c[nH]c1N)c1ccccc1O. The van der Waals surface area contributed by atoms with E-state index in [1.54, 1.807) is 18.2 Å². The molecule has 1 saturated heterocycles. The van der Waals surface area contributed by atoms with Crippen molar-refractivity contribution in [3.8, 4) is 5.75 Å². The molecule has 154 valence electrons. The molecule has 0 radical (unpaired) electrons. The Bertz CT molecular complexity index is 917. The molecule has 1 aliphatic heterocycles. The summed E-state index contributed by atoms with van der Waals surface area (Å²) in [5, 5.41) is 9.81. The molecule has 2 heterocycles. The number of phenols is 1. The highest BCUT2D eigenvalue weighted by Gasteiger charge is 2.27. The molecule has 2 aliphatic rings. The van der Waals surface area contributed by atoms with Gasteiger partial charge in [-0.2, -0.15) is 0 Å². The first kappa shape index (κ1) is 20.5. The standard InChI is InChI=1S/C15H17N3O.C7H10FNO/c16-13(10-3-1-2-4-14(10)19)7-11-12(9-5-6-9)8-18-15(11)17;1-2-7(10)9-4-3-6(8)5-9/h1-4,7-9,18-19H,5-6,16-17H2;2,6H,1,3-5H2/b13-7-;/t;6-/m.1/s1. The summed E-state index contributed by atoms with van der Waals surface area (Å²) in [7, 11) is 0. The highest BCUT2D eigenvalue weighted by molar-refractivity contribution is 5.87. The molecule has 1 amide bonds. The van der Waals surface area contributed by atoms with Crippen LogP contribution in [0, 0.1) is 0 Å². The van der Waals surface area contributed by atoms with Crippen molar-refractivity contribution in [1.29, 1.82) is 0 Å². The number of aromatic nitrogens is 1. The molecule has 0 unspecified atom stereocenters. The zero-order chi connectivity index (χ0) is 21.0. The maximum atomic E-state index is 12.4. The molecule has 0 spiro atoms. The van der Waals surface area contributed by atoms with Crippen molar-refractivity contribution in [2.75, 3.05) is 18.8 Å². The molecule has 1 aliphatic carbocycles. The van der Waals surface area contributed by atoms with Gasteiger partial charge in [0.2, 0.25) is 5.91 Å². The summed E-state index contributed by atoms with van der Waals surface area (Å²) in [5.41, 5.74) is 15.3. The van der Waals surface area contributed by atoms with Crippen molar-refractivity contribution in [3.05, 3.63) is 59.8 Å². The smallest absolute Gasteiger partial charge is 0.246 e. The van der Waals surface area contributed by atoms with Gasteiger partial charge in [-0.3, -0.25) is 4.79 Å². The van der Waals surface area contributed by atoms with Gasteiger partial charge in [0.25, 0.3) is 0 Å². The molecule has 7 heteroatoms. The van der Waals surface area contributed by atoms with Gasteiger partial charge in [0, 0.05) is 29.6 Å². The normalized spacial score (nSPS) is 18.9. The summed E-state index contributed by atoms with van der Waals surface area (Å²) in [6.45, 7) is 4.09. The number of carbonyl (C=O) groups excluding carboxylic acids is 1. The van der Waals surface area contributed by atoms with Crippen LogP contribution in [0.15, 0.2) is 43.1 Å². The number of anilines is 1. The lowest BCUT2D eigenvalue weighted by molar-refractivity contribution is -0.125. The maximum Gasteiger partial charge on any atom is 0.246 e. The lowest BCUT2D eigenvalue weighted by Crippen LogP contribution is -2.26. The predicted octanol–water partition coefficient (Wildman–Crippen LogP) is 3.38. The molecular weight excluding hydrogens is 371 g/mol. The Balaban J connectivity index is 0.000000204. The van der Waals surface area contributed by atoms with Gasteiger partial charge in [0.1, 0.15) is 17.7 Å². The minimum atomic E-state index is -0.830. The molecule has 6 N–H and O–H groups in total. The highest BCUT2D eigenvalue weighted by atomic mass is 19.1. The number of alkyl halides is 1. The predicted molar refractivity (Wildman–Crippen MR) is 114 cm³/mol. The van der Waals surface area contributed by atoms with Crippen molar-refractivity contribution in [3.63, 3.8) is 0 Å². The molecular formula is C22H27FN4O2. The van der Waals surface area contributed by atoms with E-state index in [1.807, 2.05) is 18.3 Å². The first-order chi connectivity index (χ1) is 13.9. The van der Waals surface area contributed by atoms with Crippen LogP contribution in [0.4, 0.5) is 10.2 Å². The van der Waals surface area contributed by atoms with Crippen molar-refractivity contribution in [2.24, 2.45) is 5.73 Å². The largest absolute Gasteiger partial charge is 0.507 e. The van der Waals surface area contributed by atoms with Crippen LogP contribution in [-0.4, -0.2) is 40.2 Å². The first-order valence-electron chi connectivity index (χ1n) is 9.68. The number of phenolic OH excluding ortho intramolecular Hbond substituents is 1. The number of rotatable bonds is 4. The Morgan fingerprint density at radius 2 is 2.03 bits per heavy atom. The van der Waals surface area contributed by atoms with E-state index in [1.165, 1.54) is 29.4 Å². The summed E-state index contributed by atoms with van der Waals surface area (Å²) < 4.78 is 12.4. The Labute approximate surface area is 169 Å². The molecule has 1 aromatic heterocycles. The Morgan fingerprint density at radius 3 is 2.62 bits per heavy atom. The van der Waals surface area contributed by atoms with Crippen LogP contribution in [-0.2, 0) is 4.79 Å². The number of hydrogen-bond donors (Lipinski definition) is 4. The number of halogens is 1. The second kappa shape index (κ2) is 8.86. The topological polar surface area (TPSA) is 108 Å². The summed E-state index contributed by atoms with van der Waals surface area (Å²) in [6.07, 6.45) is 7.07. The highest BCUT2D eigenvalue weighted by Crippen LogP contribution is 2.43. The second-order valence-electron chi connectivity index (χ2n) is 7.34. The first-order valence-corrected chi connectivity index (χ1v) is 9.68. The van der Waals surface area contributed by atoms with Crippen LogP contribution in [0.5, 0.6) is 5.75 Å². The van der Waals surface area contributed by atoms with Gasteiger partial charge < -0.3 is 26.5 Å². The van der Waals surface area contributed by atoms with Crippen LogP contribution in [0.25, 0.3) is 11.8 Å². The van der Waals surface area contributed by atoms with Crippen molar-refractivity contribution >= 4 is 23.5 Å². The van der Waals surface area contributed by atoms with E-state index in [9.17, 15) is 14.3 Å². The fraction of sp³-hybridized carbons (Fsp3) is 0.318. The van der Waals surface area contributed by atoms with Crippen LogP contribution >= 0.6 is 0 Å². The third-order valence-corrected chi connectivity index (χ3v) is 5.13. The number of nitrogens with one attached hydrogen (secondary N) is 1. The lowest BCUT2D eigenvalue weighted by Gasteiger charge is -2.10. The number of likely N-dealkylation sites (tertiary alicyclic amines) is 1. The number of hydrogen-bond acceptors (Lipinski definition) is 4. The molecule has 0 bridgehead atoms. The molecule has 1 atom stereocenters. The Hall–Kier alpha value is -3.22. The molecule has 6 nitrogen and oxygen atoms in total.